The van der Waals surface area contributed by atoms with E-state index in [1.165, 1.54) is 0 Å². The summed E-state index contributed by atoms with van der Waals surface area (Å²) in [5, 5.41) is 0.0251. The van der Waals surface area contributed by atoms with Crippen molar-refractivity contribution < 1.29 is 23.2 Å². The monoisotopic (exact) mass is 710 g/mol. The maximum Gasteiger partial charge on any atom is 0.486 e. The van der Waals surface area contributed by atoms with Gasteiger partial charge >= 0.3 is 7.12 Å². The van der Waals surface area contributed by atoms with Gasteiger partial charge in [-0.15, -0.1) is 0 Å². The van der Waals surface area contributed by atoms with Crippen molar-refractivity contribution in [1.29, 1.82) is 0 Å². The molecule has 1 fully saturated rings. The second kappa shape index (κ2) is 15.9. The average molecular weight is 711 g/mol. The summed E-state index contributed by atoms with van der Waals surface area (Å²) >= 11 is 0. The van der Waals surface area contributed by atoms with E-state index in [4.69, 9.17) is 23.2 Å². The molecule has 6 rings (SSSR count). The van der Waals surface area contributed by atoms with Crippen LogP contribution in [0.25, 0.3) is 0 Å². The molecule has 3 atom stereocenters. The third-order valence-corrected chi connectivity index (χ3v) is 15.3. The second-order valence-electron chi connectivity index (χ2n) is 14.9. The van der Waals surface area contributed by atoms with Crippen LogP contribution in [0.2, 0.25) is 18.1 Å². The van der Waals surface area contributed by atoms with Crippen molar-refractivity contribution >= 4 is 15.4 Å². The molecule has 5 aromatic rings. The molecule has 0 aromatic heterocycles. The second-order valence-corrected chi connectivity index (χ2v) is 19.7. The third kappa shape index (κ3) is 7.27. The molecule has 0 aliphatic carbocycles. The normalized spacial score (nSPS) is 17.8. The molecule has 0 amide bonds. The van der Waals surface area contributed by atoms with E-state index in [0.29, 0.717) is 0 Å². The van der Waals surface area contributed by atoms with Crippen LogP contribution in [0, 0.1) is 0 Å². The Morgan fingerprint density at radius 2 is 0.885 bits per heavy atom. The Morgan fingerprint density at radius 1 is 0.558 bits per heavy atom. The summed E-state index contributed by atoms with van der Waals surface area (Å²) in [5.41, 5.74) is 2.69. The van der Waals surface area contributed by atoms with Crippen LogP contribution in [-0.4, -0.2) is 41.9 Å². The van der Waals surface area contributed by atoms with Gasteiger partial charge in [-0.05, 0) is 45.9 Å². The molecule has 1 saturated heterocycles. The van der Waals surface area contributed by atoms with E-state index in [9.17, 15) is 0 Å². The summed E-state index contributed by atoms with van der Waals surface area (Å²) in [4.78, 5) is 0. The maximum absolute atomic E-state index is 7.22. The van der Waals surface area contributed by atoms with Crippen LogP contribution in [0.4, 0.5) is 0 Å². The third-order valence-electron chi connectivity index (χ3n) is 10.9. The van der Waals surface area contributed by atoms with E-state index in [0.717, 1.165) is 27.8 Å². The first-order valence-electron chi connectivity index (χ1n) is 18.1. The van der Waals surface area contributed by atoms with E-state index in [1.54, 1.807) is 14.2 Å². The quantitative estimate of drug-likeness (QED) is 0.114. The largest absolute Gasteiger partial charge is 0.486 e. The number of hydrogen-bond donors (Lipinski definition) is 0. The molecule has 0 spiro atoms. The zero-order valence-electron chi connectivity index (χ0n) is 31.4. The lowest BCUT2D eigenvalue weighted by molar-refractivity contribution is -0.136. The molecule has 1 aliphatic rings. The zero-order valence-corrected chi connectivity index (χ0v) is 32.4. The van der Waals surface area contributed by atoms with Crippen molar-refractivity contribution in [2.45, 2.75) is 68.4 Å². The van der Waals surface area contributed by atoms with E-state index >= 15 is 0 Å². The van der Waals surface area contributed by atoms with Gasteiger partial charge in [0.25, 0.3) is 0 Å². The minimum Gasteiger partial charge on any atom is -0.407 e. The topological polar surface area (TPSA) is 46.2 Å². The van der Waals surface area contributed by atoms with Crippen molar-refractivity contribution in [3.63, 3.8) is 0 Å². The van der Waals surface area contributed by atoms with Crippen molar-refractivity contribution in [2.24, 2.45) is 0 Å². The van der Waals surface area contributed by atoms with E-state index in [1.807, 2.05) is 84.8 Å². The molecule has 5 nitrogen and oxygen atoms in total. The molecule has 0 unspecified atom stereocenters. The van der Waals surface area contributed by atoms with Crippen molar-refractivity contribution in [3.05, 3.63) is 192 Å². The number of methoxy groups -OCH3 is 2. The maximum atomic E-state index is 7.22. The number of ether oxygens (including phenoxy) is 2. The SMILES string of the molecule is COC(c1ccccc1)(c1ccccc1)[C@@H]1OB(/C=C/[C@@H](O[Si](C)(C)C(C)(C)C)c2ccccc2)O[C@H]1C(OC)(c1ccccc1)c1ccccc1. The smallest absolute Gasteiger partial charge is 0.407 e. The van der Waals surface area contributed by atoms with Gasteiger partial charge in [-0.3, -0.25) is 0 Å². The number of rotatable bonds is 13. The highest BCUT2D eigenvalue weighted by atomic mass is 28.4. The summed E-state index contributed by atoms with van der Waals surface area (Å²) in [6.07, 6.45) is 0.430. The van der Waals surface area contributed by atoms with Crippen LogP contribution in [0.5, 0.6) is 0 Å². The van der Waals surface area contributed by atoms with Crippen molar-refractivity contribution in [2.75, 3.05) is 14.2 Å². The number of hydrogen-bond acceptors (Lipinski definition) is 5. The lowest BCUT2D eigenvalue weighted by Gasteiger charge is -2.46. The van der Waals surface area contributed by atoms with Crippen LogP contribution in [0.15, 0.2) is 164 Å². The minimum absolute atomic E-state index is 0.0251. The summed E-state index contributed by atoms with van der Waals surface area (Å²) in [6, 6.07) is 51.5. The van der Waals surface area contributed by atoms with Gasteiger partial charge < -0.3 is 23.2 Å². The highest BCUT2D eigenvalue weighted by Gasteiger charge is 2.61. The van der Waals surface area contributed by atoms with Crippen LogP contribution in [0.1, 0.15) is 54.7 Å². The fraction of sp³-hybridized carbons (Fsp3) is 0.289. The molecule has 1 aliphatic heterocycles. The van der Waals surface area contributed by atoms with Gasteiger partial charge in [0.2, 0.25) is 0 Å². The first-order chi connectivity index (χ1) is 25.1. The van der Waals surface area contributed by atoms with Gasteiger partial charge in [0, 0.05) is 14.2 Å². The Labute approximate surface area is 311 Å². The predicted molar refractivity (Wildman–Crippen MR) is 213 cm³/mol. The summed E-state index contributed by atoms with van der Waals surface area (Å²) in [5.74, 6) is 2.00. The van der Waals surface area contributed by atoms with Gasteiger partial charge in [-0.25, -0.2) is 0 Å². The first kappa shape index (κ1) is 37.7. The fourth-order valence-electron chi connectivity index (χ4n) is 7.16. The Morgan fingerprint density at radius 3 is 1.19 bits per heavy atom. The molecular weight excluding hydrogens is 659 g/mol. The lowest BCUT2D eigenvalue weighted by Crippen LogP contribution is -2.56. The summed E-state index contributed by atoms with van der Waals surface area (Å²) < 4.78 is 35.0. The Kier molecular flexibility index (Phi) is 11.5. The standard InChI is InChI=1S/C45H51BO5Si/c1-43(2,3)52(6,7)51-40(35-23-13-8-14-24-35)33-34-46-49-41(44(47-4,36-25-15-9-16-26-36)37-27-17-10-18-28-37)42(50-46)45(48-5,38-29-19-11-20-30-38)39-31-21-12-22-32-39/h8-34,40-42H,1-7H3/b34-33+/t40-,41-,42-/m1/s1. The number of benzene rings is 5. The molecule has 1 heterocycles. The molecular formula is C45H51BO5Si. The van der Waals surface area contributed by atoms with E-state index in [2.05, 4.69) is 113 Å². The van der Waals surface area contributed by atoms with Gasteiger partial charge in [0.15, 0.2) is 8.32 Å². The van der Waals surface area contributed by atoms with E-state index in [-0.39, 0.29) is 11.1 Å². The molecule has 5 aromatic carbocycles. The highest BCUT2D eigenvalue weighted by Crippen LogP contribution is 2.50. The molecule has 52 heavy (non-hydrogen) atoms. The van der Waals surface area contributed by atoms with Gasteiger partial charge in [0.05, 0.1) is 6.10 Å². The Hall–Kier alpha value is -4.08. The Balaban J connectivity index is 1.54. The molecule has 0 saturated carbocycles. The van der Waals surface area contributed by atoms with E-state index < -0.39 is 38.8 Å². The fourth-order valence-corrected chi connectivity index (χ4v) is 8.36. The highest BCUT2D eigenvalue weighted by molar-refractivity contribution is 6.74. The predicted octanol–water partition coefficient (Wildman–Crippen LogP) is 10.3. The van der Waals surface area contributed by atoms with Crippen LogP contribution in [-0.2, 0) is 34.4 Å². The summed E-state index contributed by atoms with van der Waals surface area (Å²) in [7, 11) is 0.572. The molecule has 7 heteroatoms. The average Bonchev–Trinajstić information content (AvgIpc) is 3.60. The van der Waals surface area contributed by atoms with Crippen LogP contribution < -0.4 is 0 Å². The van der Waals surface area contributed by atoms with Gasteiger partial charge in [-0.1, -0.05) is 184 Å². The summed E-state index contributed by atoms with van der Waals surface area (Å²) in [6.45, 7) is 11.4. The Bertz CT molecular complexity index is 1690. The lowest BCUT2D eigenvalue weighted by atomic mass is 9.71. The van der Waals surface area contributed by atoms with Crippen LogP contribution in [0.3, 0.4) is 0 Å². The molecule has 0 radical (unpaired) electrons. The van der Waals surface area contributed by atoms with Crippen molar-refractivity contribution in [1.82, 2.24) is 0 Å². The first-order valence-corrected chi connectivity index (χ1v) is 21.0. The zero-order chi connectivity index (χ0) is 36.8. The molecule has 268 valence electrons. The molecule has 0 bridgehead atoms. The van der Waals surface area contributed by atoms with Gasteiger partial charge in [-0.2, -0.15) is 0 Å². The van der Waals surface area contributed by atoms with Crippen molar-refractivity contribution in [3.8, 4) is 0 Å². The van der Waals surface area contributed by atoms with Gasteiger partial charge in [0.1, 0.15) is 23.4 Å². The minimum atomic E-state index is -2.18. The molecule has 0 N–H and O–H groups in total. The van der Waals surface area contributed by atoms with Crippen LogP contribution >= 0.6 is 0 Å².